The number of rotatable bonds is 2. The normalized spacial score (nSPS) is 41.7. The molecular formula is C10H18O2. The maximum Gasteiger partial charge on any atom is 0.0468 e. The van der Waals surface area contributed by atoms with E-state index in [1.54, 1.807) is 0 Å². The molecule has 0 aliphatic heterocycles. The van der Waals surface area contributed by atoms with Crippen LogP contribution in [0.4, 0.5) is 0 Å². The Morgan fingerprint density at radius 2 is 1.25 bits per heavy atom. The number of allylic oxidation sites excluding steroid dienone is 2. The standard InChI is InChI=1S/C10H18O2/c1-7-3-4-8(2)10(6-12)9(7)5-11/h3-4,7-12H,5-6H2,1-2H3/t7?,8?,9-,10?/m0/s1. The minimum atomic E-state index is 0.182. The second-order valence-electron chi connectivity index (χ2n) is 3.80. The second kappa shape index (κ2) is 4.06. The second-order valence-corrected chi connectivity index (χ2v) is 3.80. The van der Waals surface area contributed by atoms with Gasteiger partial charge in [0.1, 0.15) is 0 Å². The van der Waals surface area contributed by atoms with E-state index >= 15 is 0 Å². The van der Waals surface area contributed by atoms with Crippen molar-refractivity contribution >= 4 is 0 Å². The molecule has 1 rings (SSSR count). The molecule has 12 heavy (non-hydrogen) atoms. The third-order valence-electron chi connectivity index (χ3n) is 3.04. The van der Waals surface area contributed by atoms with E-state index in [2.05, 4.69) is 26.0 Å². The molecule has 4 atom stereocenters. The van der Waals surface area contributed by atoms with Crippen molar-refractivity contribution < 1.29 is 10.2 Å². The Balaban J connectivity index is 2.73. The summed E-state index contributed by atoms with van der Waals surface area (Å²) in [5, 5.41) is 18.3. The summed E-state index contributed by atoms with van der Waals surface area (Å²) in [5.74, 6) is 1.25. The largest absolute Gasteiger partial charge is 0.396 e. The quantitative estimate of drug-likeness (QED) is 0.608. The molecule has 0 saturated carbocycles. The highest BCUT2D eigenvalue weighted by molar-refractivity contribution is 5.02. The van der Waals surface area contributed by atoms with Gasteiger partial charge in [0.05, 0.1) is 0 Å². The zero-order valence-corrected chi connectivity index (χ0v) is 7.77. The molecule has 70 valence electrons. The van der Waals surface area contributed by atoms with Crippen molar-refractivity contribution in [3.05, 3.63) is 12.2 Å². The van der Waals surface area contributed by atoms with E-state index in [4.69, 9.17) is 10.2 Å². The van der Waals surface area contributed by atoms with Crippen LogP contribution in [0.2, 0.25) is 0 Å². The van der Waals surface area contributed by atoms with E-state index in [9.17, 15) is 0 Å². The van der Waals surface area contributed by atoms with Crippen LogP contribution in [0.15, 0.2) is 12.2 Å². The molecule has 0 amide bonds. The smallest absolute Gasteiger partial charge is 0.0468 e. The summed E-state index contributed by atoms with van der Waals surface area (Å²) in [7, 11) is 0. The summed E-state index contributed by atoms with van der Waals surface area (Å²) in [5.41, 5.74) is 0. The van der Waals surface area contributed by atoms with Crippen LogP contribution in [0.5, 0.6) is 0 Å². The number of hydrogen-bond donors (Lipinski definition) is 2. The molecule has 1 aliphatic carbocycles. The maximum absolute atomic E-state index is 9.14. The molecule has 0 aromatic heterocycles. The maximum atomic E-state index is 9.14. The molecule has 0 aromatic rings. The summed E-state index contributed by atoms with van der Waals surface area (Å²) in [6.45, 7) is 4.54. The predicted molar refractivity (Wildman–Crippen MR) is 48.6 cm³/mol. The summed E-state index contributed by atoms with van der Waals surface area (Å²) >= 11 is 0. The van der Waals surface area contributed by atoms with Gasteiger partial charge in [-0.25, -0.2) is 0 Å². The molecule has 0 saturated heterocycles. The molecule has 0 bridgehead atoms. The first-order chi connectivity index (χ1) is 5.70. The van der Waals surface area contributed by atoms with Crippen LogP contribution >= 0.6 is 0 Å². The molecule has 3 unspecified atom stereocenters. The molecule has 1 aliphatic rings. The molecule has 0 radical (unpaired) electrons. The summed E-state index contributed by atoms with van der Waals surface area (Å²) in [6.07, 6.45) is 4.27. The minimum absolute atomic E-state index is 0.182. The van der Waals surface area contributed by atoms with Crippen molar-refractivity contribution in [2.24, 2.45) is 23.7 Å². The lowest BCUT2D eigenvalue weighted by atomic mass is 9.72. The molecule has 0 fully saturated rings. The number of hydrogen-bond acceptors (Lipinski definition) is 2. The average molecular weight is 170 g/mol. The molecule has 0 spiro atoms. The van der Waals surface area contributed by atoms with Crippen molar-refractivity contribution in [1.82, 2.24) is 0 Å². The Bertz CT molecular complexity index is 147. The lowest BCUT2D eigenvalue weighted by molar-refractivity contribution is 0.0694. The van der Waals surface area contributed by atoms with Gasteiger partial charge in [-0.15, -0.1) is 0 Å². The SMILES string of the molecule is CC1C=CC(C)[C@H](CO)C1CO. The first-order valence-electron chi connectivity index (χ1n) is 4.60. The van der Waals surface area contributed by atoms with Gasteiger partial charge in [0.15, 0.2) is 0 Å². The van der Waals surface area contributed by atoms with Crippen LogP contribution in [0.3, 0.4) is 0 Å². The lowest BCUT2D eigenvalue weighted by Gasteiger charge is -2.34. The van der Waals surface area contributed by atoms with Crippen LogP contribution in [0.25, 0.3) is 0 Å². The molecule has 0 aromatic carbocycles. The van der Waals surface area contributed by atoms with Crippen molar-refractivity contribution in [1.29, 1.82) is 0 Å². The first kappa shape index (κ1) is 9.75. The van der Waals surface area contributed by atoms with E-state index in [0.29, 0.717) is 11.8 Å². The highest BCUT2D eigenvalue weighted by Gasteiger charge is 2.30. The van der Waals surface area contributed by atoms with Gasteiger partial charge in [0.25, 0.3) is 0 Å². The highest BCUT2D eigenvalue weighted by Crippen LogP contribution is 2.33. The van der Waals surface area contributed by atoms with Gasteiger partial charge in [-0.2, -0.15) is 0 Å². The molecule has 0 heterocycles. The van der Waals surface area contributed by atoms with Crippen molar-refractivity contribution in [2.75, 3.05) is 13.2 Å². The van der Waals surface area contributed by atoms with Crippen molar-refractivity contribution in [3.8, 4) is 0 Å². The fraction of sp³-hybridized carbons (Fsp3) is 0.800. The Hall–Kier alpha value is -0.340. The number of aliphatic hydroxyl groups excluding tert-OH is 2. The zero-order valence-electron chi connectivity index (χ0n) is 7.77. The van der Waals surface area contributed by atoms with E-state index < -0.39 is 0 Å². The minimum Gasteiger partial charge on any atom is -0.396 e. The zero-order chi connectivity index (χ0) is 9.14. The van der Waals surface area contributed by atoms with Crippen LogP contribution in [-0.2, 0) is 0 Å². The van der Waals surface area contributed by atoms with Crippen LogP contribution < -0.4 is 0 Å². The monoisotopic (exact) mass is 170 g/mol. The average Bonchev–Trinajstić information content (AvgIpc) is 2.08. The van der Waals surface area contributed by atoms with Crippen molar-refractivity contribution in [2.45, 2.75) is 13.8 Å². The fourth-order valence-corrected chi connectivity index (χ4v) is 2.02. The third kappa shape index (κ3) is 1.70. The molecule has 2 heteroatoms. The Kier molecular flexibility index (Phi) is 3.29. The molecular weight excluding hydrogens is 152 g/mol. The molecule has 2 N–H and O–H groups in total. The topological polar surface area (TPSA) is 40.5 Å². The molecule has 2 nitrogen and oxygen atoms in total. The number of aliphatic hydroxyl groups is 2. The Morgan fingerprint density at radius 1 is 0.917 bits per heavy atom. The van der Waals surface area contributed by atoms with Gasteiger partial charge in [-0.05, 0) is 23.7 Å². The van der Waals surface area contributed by atoms with Crippen molar-refractivity contribution in [3.63, 3.8) is 0 Å². The van der Waals surface area contributed by atoms with Crippen LogP contribution in [0, 0.1) is 23.7 Å². The van der Waals surface area contributed by atoms with Crippen LogP contribution in [0.1, 0.15) is 13.8 Å². The summed E-state index contributed by atoms with van der Waals surface area (Å²) < 4.78 is 0. The highest BCUT2D eigenvalue weighted by atomic mass is 16.3. The van der Waals surface area contributed by atoms with Gasteiger partial charge < -0.3 is 10.2 Å². The lowest BCUT2D eigenvalue weighted by Crippen LogP contribution is -2.34. The third-order valence-corrected chi connectivity index (χ3v) is 3.04. The van der Waals surface area contributed by atoms with Gasteiger partial charge in [0, 0.05) is 13.2 Å². The van der Waals surface area contributed by atoms with Gasteiger partial charge in [0.2, 0.25) is 0 Å². The fourth-order valence-electron chi connectivity index (χ4n) is 2.02. The van der Waals surface area contributed by atoms with Gasteiger partial charge >= 0.3 is 0 Å². The van der Waals surface area contributed by atoms with Crippen LogP contribution in [-0.4, -0.2) is 23.4 Å². The summed E-state index contributed by atoms with van der Waals surface area (Å²) in [6, 6.07) is 0. The van der Waals surface area contributed by atoms with Gasteiger partial charge in [-0.3, -0.25) is 0 Å². The Morgan fingerprint density at radius 3 is 1.50 bits per heavy atom. The van der Waals surface area contributed by atoms with E-state index in [0.717, 1.165) is 0 Å². The first-order valence-corrected chi connectivity index (χ1v) is 4.60. The predicted octanol–water partition coefficient (Wildman–Crippen LogP) is 1.05. The Labute approximate surface area is 73.9 Å². The van der Waals surface area contributed by atoms with Gasteiger partial charge in [-0.1, -0.05) is 26.0 Å². The summed E-state index contributed by atoms with van der Waals surface area (Å²) in [4.78, 5) is 0. The van der Waals surface area contributed by atoms with E-state index in [1.807, 2.05) is 0 Å². The van der Waals surface area contributed by atoms with E-state index in [-0.39, 0.29) is 25.0 Å². The van der Waals surface area contributed by atoms with E-state index in [1.165, 1.54) is 0 Å².